The van der Waals surface area contributed by atoms with Gasteiger partial charge in [0.15, 0.2) is 0 Å². The van der Waals surface area contributed by atoms with Crippen LogP contribution in [0.15, 0.2) is 24.7 Å². The summed E-state index contributed by atoms with van der Waals surface area (Å²) in [6.45, 7) is 8.43. The molecule has 108 valence electrons. The summed E-state index contributed by atoms with van der Waals surface area (Å²) in [4.78, 5) is 15.7. The van der Waals surface area contributed by atoms with Crippen molar-refractivity contribution in [3.05, 3.63) is 24.7 Å². The molecule has 2 aliphatic rings. The molecular formula is C14H21N5O. The smallest absolute Gasteiger partial charge is 0.227 e. The summed E-state index contributed by atoms with van der Waals surface area (Å²) < 4.78 is 5.37. The first-order chi connectivity index (χ1) is 9.74. The lowest BCUT2D eigenvalue weighted by Crippen LogP contribution is -2.37. The zero-order valence-electron chi connectivity index (χ0n) is 12.1. The van der Waals surface area contributed by atoms with Crippen molar-refractivity contribution in [1.29, 1.82) is 0 Å². The topological polar surface area (TPSA) is 44.7 Å². The first-order valence-electron chi connectivity index (χ1n) is 7.10. The number of hydrogen-bond donors (Lipinski definition) is 0. The lowest BCUT2D eigenvalue weighted by atomic mass is 10.4. The zero-order chi connectivity index (χ0) is 13.9. The molecule has 0 spiro atoms. The molecule has 1 aromatic heterocycles. The summed E-state index contributed by atoms with van der Waals surface area (Å²) in [6, 6.07) is 2.45. The Bertz CT molecular complexity index is 484. The zero-order valence-corrected chi connectivity index (χ0v) is 12.1. The van der Waals surface area contributed by atoms with E-state index in [-0.39, 0.29) is 0 Å². The van der Waals surface area contributed by atoms with Gasteiger partial charge in [0.25, 0.3) is 0 Å². The lowest BCUT2D eigenvalue weighted by molar-refractivity contribution is 0.122. The van der Waals surface area contributed by atoms with E-state index in [4.69, 9.17) is 4.74 Å². The van der Waals surface area contributed by atoms with Gasteiger partial charge >= 0.3 is 0 Å². The lowest BCUT2D eigenvalue weighted by Gasteiger charge is -2.28. The van der Waals surface area contributed by atoms with Gasteiger partial charge in [-0.3, -0.25) is 0 Å². The molecule has 2 aliphatic heterocycles. The summed E-state index contributed by atoms with van der Waals surface area (Å²) in [5.74, 6) is 1.74. The number of hydrogen-bond acceptors (Lipinski definition) is 6. The van der Waals surface area contributed by atoms with Crippen LogP contribution >= 0.6 is 0 Å². The molecule has 1 fully saturated rings. The van der Waals surface area contributed by atoms with Crippen LogP contribution in [0.3, 0.4) is 0 Å². The van der Waals surface area contributed by atoms with Crippen LogP contribution in [0.1, 0.15) is 13.8 Å². The molecule has 1 aromatic rings. The molecule has 6 heteroatoms. The van der Waals surface area contributed by atoms with E-state index in [1.807, 2.05) is 12.3 Å². The Hall–Kier alpha value is -1.82. The Morgan fingerprint density at radius 2 is 2.00 bits per heavy atom. The van der Waals surface area contributed by atoms with Gasteiger partial charge in [-0.2, -0.15) is 4.98 Å². The van der Waals surface area contributed by atoms with E-state index in [9.17, 15) is 0 Å². The Kier molecular flexibility index (Phi) is 3.73. The van der Waals surface area contributed by atoms with Gasteiger partial charge in [0, 0.05) is 37.7 Å². The summed E-state index contributed by atoms with van der Waals surface area (Å²) in [5.41, 5.74) is 0. The van der Waals surface area contributed by atoms with E-state index >= 15 is 0 Å². The van der Waals surface area contributed by atoms with Gasteiger partial charge in [-0.15, -0.1) is 0 Å². The molecule has 20 heavy (non-hydrogen) atoms. The highest BCUT2D eigenvalue weighted by molar-refractivity contribution is 5.47. The first-order valence-corrected chi connectivity index (χ1v) is 7.10. The Morgan fingerprint density at radius 3 is 2.70 bits per heavy atom. The molecule has 0 atom stereocenters. The molecule has 0 aromatic carbocycles. The number of anilines is 2. The van der Waals surface area contributed by atoms with Gasteiger partial charge in [0.05, 0.1) is 19.9 Å². The van der Waals surface area contributed by atoms with E-state index in [1.54, 1.807) is 0 Å². The molecule has 3 rings (SSSR count). The highest BCUT2D eigenvalue weighted by Crippen LogP contribution is 2.20. The predicted molar refractivity (Wildman–Crippen MR) is 78.5 cm³/mol. The number of rotatable bonds is 3. The largest absolute Gasteiger partial charge is 0.378 e. The Balaban J connectivity index is 1.73. The van der Waals surface area contributed by atoms with E-state index in [0.29, 0.717) is 6.04 Å². The third-order valence-electron chi connectivity index (χ3n) is 3.63. The van der Waals surface area contributed by atoms with Crippen LogP contribution in [0, 0.1) is 0 Å². The first kappa shape index (κ1) is 13.2. The fourth-order valence-corrected chi connectivity index (χ4v) is 2.34. The van der Waals surface area contributed by atoms with Gasteiger partial charge in [-0.25, -0.2) is 4.98 Å². The van der Waals surface area contributed by atoms with E-state index < -0.39 is 0 Å². The van der Waals surface area contributed by atoms with E-state index in [2.05, 4.69) is 50.9 Å². The van der Waals surface area contributed by atoms with Crippen LogP contribution in [-0.2, 0) is 4.74 Å². The van der Waals surface area contributed by atoms with Crippen molar-refractivity contribution < 1.29 is 4.74 Å². The maximum atomic E-state index is 5.37. The molecule has 0 bridgehead atoms. The van der Waals surface area contributed by atoms with Crippen LogP contribution < -0.4 is 9.80 Å². The summed E-state index contributed by atoms with van der Waals surface area (Å²) >= 11 is 0. The molecule has 0 amide bonds. The van der Waals surface area contributed by atoms with E-state index in [1.165, 1.54) is 0 Å². The van der Waals surface area contributed by atoms with Crippen LogP contribution in [0.2, 0.25) is 0 Å². The highest BCUT2D eigenvalue weighted by Gasteiger charge is 2.19. The Labute approximate surface area is 119 Å². The van der Waals surface area contributed by atoms with Gasteiger partial charge in [0.1, 0.15) is 5.82 Å². The quantitative estimate of drug-likeness (QED) is 0.828. The highest BCUT2D eigenvalue weighted by atomic mass is 16.5. The van der Waals surface area contributed by atoms with Crippen molar-refractivity contribution in [3.63, 3.8) is 0 Å². The molecule has 0 unspecified atom stereocenters. The monoisotopic (exact) mass is 275 g/mol. The SMILES string of the molecule is CC(C)N1C=CN(c2ccnc(N3CCOCC3)n2)C1. The minimum Gasteiger partial charge on any atom is -0.378 e. The molecule has 6 nitrogen and oxygen atoms in total. The van der Waals surface area contributed by atoms with Crippen molar-refractivity contribution in [2.45, 2.75) is 19.9 Å². The maximum Gasteiger partial charge on any atom is 0.227 e. The molecule has 1 saturated heterocycles. The normalized spacial score (nSPS) is 19.2. The average molecular weight is 275 g/mol. The molecule has 3 heterocycles. The number of morpholine rings is 1. The van der Waals surface area contributed by atoms with Crippen molar-refractivity contribution in [2.24, 2.45) is 0 Å². The minimum absolute atomic E-state index is 0.497. The molecule has 0 N–H and O–H groups in total. The average Bonchev–Trinajstić information content (AvgIpc) is 2.98. The minimum atomic E-state index is 0.497. The van der Waals surface area contributed by atoms with Crippen molar-refractivity contribution in [3.8, 4) is 0 Å². The summed E-state index contributed by atoms with van der Waals surface area (Å²) in [5, 5.41) is 0. The van der Waals surface area contributed by atoms with Gasteiger partial charge in [-0.05, 0) is 19.9 Å². The second kappa shape index (κ2) is 5.66. The predicted octanol–water partition coefficient (Wildman–Crippen LogP) is 1.27. The van der Waals surface area contributed by atoms with Crippen LogP contribution in [0.4, 0.5) is 11.8 Å². The summed E-state index contributed by atoms with van der Waals surface area (Å²) in [6.07, 6.45) is 6.02. The molecule has 0 aliphatic carbocycles. The number of aromatic nitrogens is 2. The van der Waals surface area contributed by atoms with Crippen LogP contribution in [0.25, 0.3) is 0 Å². The molecule has 0 radical (unpaired) electrons. The number of nitrogens with zero attached hydrogens (tertiary/aromatic N) is 5. The van der Waals surface area contributed by atoms with Crippen molar-refractivity contribution in [2.75, 3.05) is 42.8 Å². The Morgan fingerprint density at radius 1 is 1.20 bits per heavy atom. The fourth-order valence-electron chi connectivity index (χ4n) is 2.34. The third-order valence-corrected chi connectivity index (χ3v) is 3.63. The van der Waals surface area contributed by atoms with Crippen molar-refractivity contribution >= 4 is 11.8 Å². The maximum absolute atomic E-state index is 5.37. The van der Waals surface area contributed by atoms with Crippen LogP contribution in [-0.4, -0.2) is 53.9 Å². The van der Waals surface area contributed by atoms with Crippen molar-refractivity contribution in [1.82, 2.24) is 14.9 Å². The summed E-state index contributed by atoms with van der Waals surface area (Å²) in [7, 11) is 0. The fraction of sp³-hybridized carbons (Fsp3) is 0.571. The second-order valence-electron chi connectivity index (χ2n) is 5.33. The number of ether oxygens (including phenoxy) is 1. The van der Waals surface area contributed by atoms with Crippen LogP contribution in [0.5, 0.6) is 0 Å². The molecule has 0 saturated carbocycles. The van der Waals surface area contributed by atoms with Gasteiger partial charge < -0.3 is 19.4 Å². The molecular weight excluding hydrogens is 254 g/mol. The third kappa shape index (κ3) is 2.70. The standard InChI is InChI=1S/C14H21N5O/c1-12(2)18-5-6-19(11-18)13-3-4-15-14(16-13)17-7-9-20-10-8-17/h3-6,12H,7-11H2,1-2H3. The second-order valence-corrected chi connectivity index (χ2v) is 5.33. The van der Waals surface area contributed by atoms with E-state index in [0.717, 1.165) is 44.7 Å². The van der Waals surface area contributed by atoms with Gasteiger partial charge in [0.2, 0.25) is 5.95 Å². The van der Waals surface area contributed by atoms with Gasteiger partial charge in [-0.1, -0.05) is 0 Å².